The van der Waals surface area contributed by atoms with E-state index in [0.29, 0.717) is 23.0 Å². The molecule has 7 heteroatoms. The van der Waals surface area contributed by atoms with Gasteiger partial charge in [-0.1, -0.05) is 78.9 Å². The number of anilines is 1. The Balaban J connectivity index is 1.51. The minimum Gasteiger partial charge on any atom is -0.497 e. The Morgan fingerprint density at radius 2 is 1.54 bits per heavy atom. The molecule has 1 aromatic heterocycles. The highest BCUT2D eigenvalue weighted by Gasteiger charge is 2.42. The van der Waals surface area contributed by atoms with Gasteiger partial charge in [-0.15, -0.1) is 0 Å². The summed E-state index contributed by atoms with van der Waals surface area (Å²) in [4.78, 5) is 18.6. The number of methoxy groups -OCH3 is 1. The van der Waals surface area contributed by atoms with Crippen LogP contribution in [0.4, 0.5) is 5.82 Å². The third-order valence-corrected chi connectivity index (χ3v) is 6.45. The summed E-state index contributed by atoms with van der Waals surface area (Å²) in [6.45, 7) is 0. The van der Waals surface area contributed by atoms with Gasteiger partial charge >= 0.3 is 0 Å². The minimum atomic E-state index is -0.221. The number of ether oxygens (including phenoxy) is 1. The maximum absolute atomic E-state index is 14.2. The quantitative estimate of drug-likeness (QED) is 0.358. The molecule has 1 amide bonds. The Kier molecular flexibility index (Phi) is 5.88. The number of carbonyl (C=O) groups excluding carboxylic acids is 1. The zero-order chi connectivity index (χ0) is 25.2. The van der Waals surface area contributed by atoms with E-state index in [9.17, 15) is 4.79 Å². The average molecular weight is 488 g/mol. The molecule has 3 N–H and O–H groups in total. The highest BCUT2D eigenvalue weighted by Crippen LogP contribution is 2.41. The summed E-state index contributed by atoms with van der Waals surface area (Å²) in [7, 11) is 1.62. The third-order valence-electron chi connectivity index (χ3n) is 6.45. The number of nitrogens with zero attached hydrogens (tertiary/aromatic N) is 2. The number of carbonyl (C=O) groups is 1. The predicted molar refractivity (Wildman–Crippen MR) is 143 cm³/mol. The van der Waals surface area contributed by atoms with Crippen molar-refractivity contribution < 1.29 is 9.53 Å². The van der Waals surface area contributed by atoms with Gasteiger partial charge in [0, 0.05) is 11.8 Å². The Morgan fingerprint density at radius 1 is 0.838 bits per heavy atom. The first-order chi connectivity index (χ1) is 18.2. The van der Waals surface area contributed by atoms with Crippen LogP contribution in [0.2, 0.25) is 0 Å². The van der Waals surface area contributed by atoms with Gasteiger partial charge in [-0.2, -0.15) is 0 Å². The number of nitrogens with one attached hydrogen (secondary N) is 3. The van der Waals surface area contributed by atoms with Gasteiger partial charge in [-0.05, 0) is 41.0 Å². The number of rotatable bonds is 6. The number of hydrogen-bond donors (Lipinski definition) is 3. The number of pyridine rings is 1. The molecular weight excluding hydrogens is 462 g/mol. The number of hydrogen-bond acceptors (Lipinski definition) is 6. The molecule has 0 fully saturated rings. The van der Waals surface area contributed by atoms with Gasteiger partial charge in [0.1, 0.15) is 23.2 Å². The van der Waals surface area contributed by atoms with E-state index in [-0.39, 0.29) is 11.9 Å². The number of benzene rings is 3. The molecule has 0 aliphatic carbocycles. The third kappa shape index (κ3) is 4.22. The van der Waals surface area contributed by atoms with Gasteiger partial charge in [0.05, 0.1) is 18.7 Å². The summed E-state index contributed by atoms with van der Waals surface area (Å²) >= 11 is 0. The zero-order valence-electron chi connectivity index (χ0n) is 20.2. The second-order valence-corrected chi connectivity index (χ2v) is 8.69. The molecule has 6 rings (SSSR count). The van der Waals surface area contributed by atoms with Crippen molar-refractivity contribution in [2.24, 2.45) is 0 Å². The van der Waals surface area contributed by atoms with Crippen LogP contribution in [0.3, 0.4) is 0 Å². The van der Waals surface area contributed by atoms with Crippen LogP contribution in [0.5, 0.6) is 5.75 Å². The maximum Gasteiger partial charge on any atom is 0.278 e. The molecule has 2 aliphatic rings. The van der Waals surface area contributed by atoms with Crippen LogP contribution in [0.15, 0.2) is 121 Å². The summed E-state index contributed by atoms with van der Waals surface area (Å²) in [5, 5.41) is 8.50. The standard InChI is InChI=1S/C30H25N5O2/c1-37-23-17-15-21(16-18-23)26-28(32-24-14-8-9-19-31-24)33-29-25(20-10-4-2-5-11-20)27(34-35(29)30(26)36)22-12-6-3-7-13-22/h2-19,27,33-34H,1H3,(H,31,32). The summed E-state index contributed by atoms with van der Waals surface area (Å²) < 4.78 is 5.33. The van der Waals surface area contributed by atoms with Gasteiger partial charge in [-0.25, -0.2) is 15.4 Å². The summed E-state index contributed by atoms with van der Waals surface area (Å²) in [6.07, 6.45) is 1.71. The molecule has 182 valence electrons. The van der Waals surface area contributed by atoms with Gasteiger partial charge in [0.25, 0.3) is 5.91 Å². The maximum atomic E-state index is 14.2. The molecule has 0 saturated carbocycles. The normalized spacial score (nSPS) is 16.9. The van der Waals surface area contributed by atoms with Crippen LogP contribution in [-0.4, -0.2) is 23.0 Å². The Morgan fingerprint density at radius 3 is 2.22 bits per heavy atom. The highest BCUT2D eigenvalue weighted by atomic mass is 16.5. The van der Waals surface area contributed by atoms with E-state index in [1.165, 1.54) is 0 Å². The Hall–Kier alpha value is -4.88. The average Bonchev–Trinajstić information content (AvgIpc) is 3.35. The van der Waals surface area contributed by atoms with Gasteiger partial charge in [-0.3, -0.25) is 4.79 Å². The van der Waals surface area contributed by atoms with Crippen molar-refractivity contribution in [3.05, 3.63) is 138 Å². The molecule has 4 aromatic rings. The highest BCUT2D eigenvalue weighted by molar-refractivity contribution is 6.22. The number of fused-ring (bicyclic) bond motifs is 1. The molecule has 1 unspecified atom stereocenters. The Labute approximate surface area is 215 Å². The van der Waals surface area contributed by atoms with Crippen LogP contribution in [0.1, 0.15) is 22.7 Å². The smallest absolute Gasteiger partial charge is 0.278 e. The van der Waals surface area contributed by atoms with Crippen molar-refractivity contribution in [2.45, 2.75) is 6.04 Å². The summed E-state index contributed by atoms with van der Waals surface area (Å²) in [5.41, 5.74) is 7.76. The van der Waals surface area contributed by atoms with Gasteiger partial charge in [0.15, 0.2) is 0 Å². The first-order valence-corrected chi connectivity index (χ1v) is 12.0. The molecule has 1 atom stereocenters. The van der Waals surface area contributed by atoms with Crippen LogP contribution < -0.4 is 20.8 Å². The van der Waals surface area contributed by atoms with Crippen molar-refractivity contribution in [1.29, 1.82) is 0 Å². The van der Waals surface area contributed by atoms with E-state index in [1.807, 2.05) is 78.9 Å². The van der Waals surface area contributed by atoms with Crippen LogP contribution >= 0.6 is 0 Å². The number of hydrazine groups is 1. The number of amides is 1. The fourth-order valence-corrected chi connectivity index (χ4v) is 4.69. The Bertz CT molecular complexity index is 1480. The van der Waals surface area contributed by atoms with E-state index in [2.05, 4.69) is 45.3 Å². The molecule has 2 aliphatic heterocycles. The van der Waals surface area contributed by atoms with E-state index in [4.69, 9.17) is 4.74 Å². The number of aromatic nitrogens is 1. The van der Waals surface area contributed by atoms with Gasteiger partial charge in [0.2, 0.25) is 0 Å². The van der Waals surface area contributed by atoms with Crippen LogP contribution in [-0.2, 0) is 4.79 Å². The van der Waals surface area contributed by atoms with Crippen molar-refractivity contribution >= 4 is 22.9 Å². The molecule has 7 nitrogen and oxygen atoms in total. The topological polar surface area (TPSA) is 78.5 Å². The van der Waals surface area contributed by atoms with E-state index < -0.39 is 0 Å². The lowest BCUT2D eigenvalue weighted by Gasteiger charge is -2.31. The molecule has 0 radical (unpaired) electrons. The monoisotopic (exact) mass is 487 g/mol. The first kappa shape index (κ1) is 22.6. The molecule has 0 spiro atoms. The molecule has 0 bridgehead atoms. The summed E-state index contributed by atoms with van der Waals surface area (Å²) in [6, 6.07) is 33.1. The van der Waals surface area contributed by atoms with E-state index in [0.717, 1.165) is 28.0 Å². The van der Waals surface area contributed by atoms with Crippen LogP contribution in [0, 0.1) is 0 Å². The minimum absolute atomic E-state index is 0.177. The lowest BCUT2D eigenvalue weighted by molar-refractivity contribution is -0.126. The zero-order valence-corrected chi connectivity index (χ0v) is 20.2. The van der Waals surface area contributed by atoms with Crippen molar-refractivity contribution in [2.75, 3.05) is 12.4 Å². The largest absolute Gasteiger partial charge is 0.497 e. The lowest BCUT2D eigenvalue weighted by Crippen LogP contribution is -2.47. The van der Waals surface area contributed by atoms with Crippen molar-refractivity contribution in [3.63, 3.8) is 0 Å². The molecule has 3 aromatic carbocycles. The molecule has 37 heavy (non-hydrogen) atoms. The second-order valence-electron chi connectivity index (χ2n) is 8.69. The molecule has 0 saturated heterocycles. The van der Waals surface area contributed by atoms with E-state index in [1.54, 1.807) is 18.3 Å². The fourth-order valence-electron chi connectivity index (χ4n) is 4.69. The SMILES string of the molecule is COc1ccc(C2=C(Nc3ccccn3)NC3=C(c4ccccc4)C(c4ccccc4)NN3C2=O)cc1. The summed E-state index contributed by atoms with van der Waals surface area (Å²) in [5.74, 6) is 2.41. The molecular formula is C30H25N5O2. The predicted octanol–water partition coefficient (Wildman–Crippen LogP) is 4.93. The fraction of sp³-hybridized carbons (Fsp3) is 0.0667. The molecule has 3 heterocycles. The van der Waals surface area contributed by atoms with Gasteiger partial charge < -0.3 is 15.4 Å². The van der Waals surface area contributed by atoms with Crippen LogP contribution in [0.25, 0.3) is 11.1 Å². The van der Waals surface area contributed by atoms with Crippen molar-refractivity contribution in [3.8, 4) is 5.75 Å². The van der Waals surface area contributed by atoms with Crippen molar-refractivity contribution in [1.82, 2.24) is 20.7 Å². The first-order valence-electron chi connectivity index (χ1n) is 12.0. The second kappa shape index (κ2) is 9.64. The lowest BCUT2D eigenvalue weighted by atomic mass is 9.94. The van der Waals surface area contributed by atoms with E-state index >= 15 is 0 Å².